The van der Waals surface area contributed by atoms with Crippen LogP contribution in [-0.2, 0) is 6.61 Å². The van der Waals surface area contributed by atoms with Gasteiger partial charge >= 0.3 is 0 Å². The lowest BCUT2D eigenvalue weighted by atomic mass is 10.2. The molecule has 0 heterocycles. The van der Waals surface area contributed by atoms with Gasteiger partial charge in [0.1, 0.15) is 6.61 Å². The topological polar surface area (TPSA) is 59.9 Å². The fourth-order valence-electron chi connectivity index (χ4n) is 2.50. The number of nitrogens with zero attached hydrogens (tertiary/aromatic N) is 1. The number of methoxy groups -OCH3 is 1. The van der Waals surface area contributed by atoms with Crippen LogP contribution in [0.2, 0.25) is 0 Å². The van der Waals surface area contributed by atoms with E-state index in [1.54, 1.807) is 37.6 Å². The Bertz CT molecular complexity index is 1020. The van der Waals surface area contributed by atoms with Crippen molar-refractivity contribution in [3.8, 4) is 11.5 Å². The van der Waals surface area contributed by atoms with E-state index in [9.17, 15) is 4.79 Å². The average Bonchev–Trinajstić information content (AvgIpc) is 2.74. The Balaban J connectivity index is 1.63. The van der Waals surface area contributed by atoms with Gasteiger partial charge in [0.05, 0.1) is 18.9 Å². The van der Waals surface area contributed by atoms with E-state index in [2.05, 4.69) is 49.0 Å². The molecule has 0 atom stereocenters. The summed E-state index contributed by atoms with van der Waals surface area (Å²) in [6.45, 7) is 0.447. The molecule has 3 rings (SSSR count). The summed E-state index contributed by atoms with van der Waals surface area (Å²) in [7, 11) is 1.59. The molecule has 0 aliphatic heterocycles. The predicted molar refractivity (Wildman–Crippen MR) is 126 cm³/mol. The van der Waals surface area contributed by atoms with Gasteiger partial charge < -0.3 is 9.47 Å². The summed E-state index contributed by atoms with van der Waals surface area (Å²) >= 11 is 5.62. The highest BCUT2D eigenvalue weighted by molar-refractivity contribution is 14.1. The number of carbonyl (C=O) groups is 1. The number of halogens is 2. The van der Waals surface area contributed by atoms with Crippen LogP contribution in [0.1, 0.15) is 21.5 Å². The zero-order valence-electron chi connectivity index (χ0n) is 15.6. The molecule has 5 nitrogen and oxygen atoms in total. The predicted octanol–water partition coefficient (Wildman–Crippen LogP) is 5.41. The maximum absolute atomic E-state index is 12.2. The molecule has 0 unspecified atom stereocenters. The molecule has 0 fully saturated rings. The van der Waals surface area contributed by atoms with Crippen molar-refractivity contribution in [2.24, 2.45) is 5.10 Å². The number of hydrogen-bond donors (Lipinski definition) is 1. The second-order valence-corrected chi connectivity index (χ2v) is 8.10. The number of benzene rings is 3. The first-order valence-corrected chi connectivity index (χ1v) is 10.6. The summed E-state index contributed by atoms with van der Waals surface area (Å²) in [6.07, 6.45) is 1.56. The van der Waals surface area contributed by atoms with Crippen LogP contribution in [0.3, 0.4) is 0 Å². The highest BCUT2D eigenvalue weighted by Crippen LogP contribution is 2.28. The minimum atomic E-state index is -0.293. The maximum Gasteiger partial charge on any atom is 0.272 e. The Kier molecular flexibility index (Phi) is 7.65. The van der Waals surface area contributed by atoms with Gasteiger partial charge in [0.15, 0.2) is 11.5 Å². The van der Waals surface area contributed by atoms with Gasteiger partial charge in [-0.15, -0.1) is 0 Å². The third kappa shape index (κ3) is 6.04. The number of hydrogen-bond acceptors (Lipinski definition) is 4. The molecule has 1 amide bonds. The average molecular weight is 565 g/mol. The van der Waals surface area contributed by atoms with Gasteiger partial charge in [-0.2, -0.15) is 5.10 Å². The van der Waals surface area contributed by atoms with Crippen molar-refractivity contribution < 1.29 is 14.3 Å². The molecule has 0 aliphatic carbocycles. The van der Waals surface area contributed by atoms with Crippen molar-refractivity contribution in [1.29, 1.82) is 0 Å². The molecule has 29 heavy (non-hydrogen) atoms. The van der Waals surface area contributed by atoms with Crippen LogP contribution < -0.4 is 14.9 Å². The van der Waals surface area contributed by atoms with Crippen LogP contribution in [0.25, 0.3) is 0 Å². The highest BCUT2D eigenvalue weighted by atomic mass is 127. The third-order valence-electron chi connectivity index (χ3n) is 3.99. The molecule has 0 radical (unpaired) electrons. The highest BCUT2D eigenvalue weighted by Gasteiger charge is 2.08. The molecule has 0 saturated heterocycles. The summed E-state index contributed by atoms with van der Waals surface area (Å²) < 4.78 is 13.2. The van der Waals surface area contributed by atoms with Crippen molar-refractivity contribution in [3.05, 3.63) is 91.5 Å². The Labute approximate surface area is 191 Å². The summed E-state index contributed by atoms with van der Waals surface area (Å²) in [5.74, 6) is 0.940. The van der Waals surface area contributed by atoms with Crippen molar-refractivity contribution in [3.63, 3.8) is 0 Å². The molecule has 7 heteroatoms. The minimum absolute atomic E-state index is 0.293. The van der Waals surface area contributed by atoms with Gasteiger partial charge in [0.25, 0.3) is 5.91 Å². The molecular weight excluding hydrogens is 547 g/mol. The molecule has 0 bridgehead atoms. The van der Waals surface area contributed by atoms with E-state index >= 15 is 0 Å². The van der Waals surface area contributed by atoms with Crippen molar-refractivity contribution in [2.75, 3.05) is 7.11 Å². The normalized spacial score (nSPS) is 10.7. The molecule has 3 aromatic carbocycles. The zero-order chi connectivity index (χ0) is 20.6. The van der Waals surface area contributed by atoms with E-state index in [1.165, 1.54) is 3.57 Å². The number of carbonyl (C=O) groups excluding carboxylic acids is 1. The standard InChI is InChI=1S/C22H18BrIN2O3/c1-28-21-12-16(13-25-26-22(27)18-4-2-3-5-19(18)23)8-11-20(21)29-14-15-6-9-17(24)10-7-15/h2-13H,14H2,1H3,(H,26,27)/b25-13+. The molecule has 0 aromatic heterocycles. The van der Waals surface area contributed by atoms with E-state index < -0.39 is 0 Å². The summed E-state index contributed by atoms with van der Waals surface area (Å²) in [5, 5.41) is 4.02. The maximum atomic E-state index is 12.2. The van der Waals surface area contributed by atoms with Crippen LogP contribution in [0.15, 0.2) is 76.3 Å². The van der Waals surface area contributed by atoms with E-state index in [-0.39, 0.29) is 5.91 Å². The Morgan fingerprint density at radius 1 is 1.10 bits per heavy atom. The molecular formula is C22H18BrIN2O3. The van der Waals surface area contributed by atoms with Gasteiger partial charge in [-0.05, 0) is 92.1 Å². The molecule has 0 spiro atoms. The second kappa shape index (κ2) is 10.4. The lowest BCUT2D eigenvalue weighted by molar-refractivity contribution is 0.0954. The van der Waals surface area contributed by atoms with Gasteiger partial charge in [0.2, 0.25) is 0 Å². The first-order chi connectivity index (χ1) is 14.1. The Morgan fingerprint density at radius 2 is 1.86 bits per heavy atom. The smallest absolute Gasteiger partial charge is 0.272 e. The first-order valence-electron chi connectivity index (χ1n) is 8.70. The van der Waals surface area contributed by atoms with Gasteiger partial charge in [-0.25, -0.2) is 5.43 Å². The van der Waals surface area contributed by atoms with Crippen molar-refractivity contribution in [2.45, 2.75) is 6.61 Å². The van der Waals surface area contributed by atoms with E-state index in [4.69, 9.17) is 9.47 Å². The Morgan fingerprint density at radius 3 is 2.59 bits per heavy atom. The van der Waals surface area contributed by atoms with Gasteiger partial charge in [-0.3, -0.25) is 4.79 Å². The van der Waals surface area contributed by atoms with Crippen LogP contribution in [0.4, 0.5) is 0 Å². The number of ether oxygens (including phenoxy) is 2. The molecule has 0 aliphatic rings. The number of nitrogens with one attached hydrogen (secondary N) is 1. The van der Waals surface area contributed by atoms with E-state index in [1.807, 2.05) is 42.5 Å². The van der Waals surface area contributed by atoms with Crippen molar-refractivity contribution >= 4 is 50.6 Å². The van der Waals surface area contributed by atoms with Crippen molar-refractivity contribution in [1.82, 2.24) is 5.43 Å². The quantitative estimate of drug-likeness (QED) is 0.237. The monoisotopic (exact) mass is 564 g/mol. The summed E-state index contributed by atoms with van der Waals surface area (Å²) in [5.41, 5.74) is 4.89. The van der Waals surface area contributed by atoms with E-state index in [0.29, 0.717) is 28.1 Å². The lowest BCUT2D eigenvalue weighted by Gasteiger charge is -2.11. The second-order valence-electron chi connectivity index (χ2n) is 6.00. The fraction of sp³-hybridized carbons (Fsp3) is 0.0909. The number of rotatable bonds is 7. The Hall–Kier alpha value is -2.39. The zero-order valence-corrected chi connectivity index (χ0v) is 19.3. The van der Waals surface area contributed by atoms with Gasteiger partial charge in [0, 0.05) is 8.04 Å². The van der Waals surface area contributed by atoms with Crippen LogP contribution in [0, 0.1) is 3.57 Å². The van der Waals surface area contributed by atoms with E-state index in [0.717, 1.165) is 11.1 Å². The molecule has 1 N–H and O–H groups in total. The number of hydrazone groups is 1. The molecule has 3 aromatic rings. The fourth-order valence-corrected chi connectivity index (χ4v) is 3.32. The summed E-state index contributed by atoms with van der Waals surface area (Å²) in [6, 6.07) is 20.8. The summed E-state index contributed by atoms with van der Waals surface area (Å²) in [4.78, 5) is 12.2. The van der Waals surface area contributed by atoms with Crippen LogP contribution >= 0.6 is 38.5 Å². The van der Waals surface area contributed by atoms with Gasteiger partial charge in [-0.1, -0.05) is 24.3 Å². The first kappa shape index (κ1) is 21.3. The largest absolute Gasteiger partial charge is 0.493 e. The lowest BCUT2D eigenvalue weighted by Crippen LogP contribution is -2.18. The third-order valence-corrected chi connectivity index (χ3v) is 5.40. The molecule has 148 valence electrons. The number of amides is 1. The van der Waals surface area contributed by atoms with Crippen LogP contribution in [-0.4, -0.2) is 19.2 Å². The SMILES string of the molecule is COc1cc(/C=N/NC(=O)c2ccccc2Br)ccc1OCc1ccc(I)cc1. The molecule has 0 saturated carbocycles. The van der Waals surface area contributed by atoms with Crippen LogP contribution in [0.5, 0.6) is 11.5 Å². The minimum Gasteiger partial charge on any atom is -0.493 e.